The van der Waals surface area contributed by atoms with Gasteiger partial charge in [-0.05, 0) is 80.8 Å². The van der Waals surface area contributed by atoms with Crippen LogP contribution in [0.1, 0.15) is 18.1 Å². The second-order valence-corrected chi connectivity index (χ2v) is 7.46. The molecule has 0 radical (unpaired) electrons. The van der Waals surface area contributed by atoms with Crippen LogP contribution in [0, 0.1) is 5.82 Å². The normalized spacial score (nSPS) is 14.6. The Hall–Kier alpha value is -2.52. The summed E-state index contributed by atoms with van der Waals surface area (Å²) in [6, 6.07) is 9.02. The van der Waals surface area contributed by atoms with Gasteiger partial charge < -0.3 is 14.2 Å². The summed E-state index contributed by atoms with van der Waals surface area (Å²) in [5.74, 6) is -1.12. The van der Waals surface area contributed by atoms with Gasteiger partial charge in [-0.1, -0.05) is 6.07 Å². The molecule has 0 fully saturated rings. The highest BCUT2D eigenvalue weighted by Gasteiger charge is 2.24. The maximum Gasteiger partial charge on any atom is 0.363 e. The van der Waals surface area contributed by atoms with Gasteiger partial charge in [-0.25, -0.2) is 19.0 Å². The predicted octanol–water partition coefficient (Wildman–Crippen LogP) is 4.64. The Morgan fingerprint density at radius 2 is 1.97 bits per heavy atom. The molecule has 1 aliphatic rings. The van der Waals surface area contributed by atoms with Crippen LogP contribution < -0.4 is 4.74 Å². The number of hydrogen-bond acceptors (Lipinski definition) is 6. The highest BCUT2D eigenvalue weighted by atomic mass is 79.9. The summed E-state index contributed by atoms with van der Waals surface area (Å²) in [7, 11) is 0. The zero-order chi connectivity index (χ0) is 21.0. The van der Waals surface area contributed by atoms with Gasteiger partial charge in [0.2, 0.25) is 5.90 Å². The Labute approximate surface area is 182 Å². The van der Waals surface area contributed by atoms with Gasteiger partial charge in [0.1, 0.15) is 11.6 Å². The van der Waals surface area contributed by atoms with Crippen LogP contribution in [0.2, 0.25) is 0 Å². The van der Waals surface area contributed by atoms with Crippen LogP contribution in [-0.4, -0.2) is 31.1 Å². The number of aliphatic imine (C=N–C) groups is 1. The number of esters is 2. The van der Waals surface area contributed by atoms with Gasteiger partial charge in [-0.15, -0.1) is 0 Å². The molecule has 0 aliphatic carbocycles. The Kier molecular flexibility index (Phi) is 6.81. The Bertz CT molecular complexity index is 1010. The number of halogens is 3. The summed E-state index contributed by atoms with van der Waals surface area (Å²) in [6.45, 7) is 1.74. The van der Waals surface area contributed by atoms with E-state index in [1.54, 1.807) is 25.1 Å². The highest BCUT2D eigenvalue weighted by molar-refractivity contribution is 9.11. The maximum atomic E-state index is 13.4. The molecule has 2 aromatic carbocycles. The number of carbonyl (C=O) groups is 2. The van der Waals surface area contributed by atoms with Crippen molar-refractivity contribution in [3.05, 3.63) is 68.0 Å². The third-order valence-corrected chi connectivity index (χ3v) is 4.83. The first kappa shape index (κ1) is 21.2. The standard InChI is InChI=1S/C20H14Br2FNO5/c1-2-27-17(25)10-28-18-14(21)6-11(7-15(18)22)8-16-20(26)29-19(24-16)12-4-3-5-13(23)9-12/h3-9H,2,10H2,1H3/b16-8-. The lowest BCUT2D eigenvalue weighted by Crippen LogP contribution is -2.15. The fourth-order valence-corrected chi connectivity index (χ4v) is 3.90. The number of ether oxygens (including phenoxy) is 3. The Morgan fingerprint density at radius 3 is 2.62 bits per heavy atom. The molecule has 0 aromatic heterocycles. The number of cyclic esters (lactones) is 1. The van der Waals surface area contributed by atoms with Crippen molar-refractivity contribution < 1.29 is 28.2 Å². The van der Waals surface area contributed by atoms with Gasteiger partial charge in [0.15, 0.2) is 12.3 Å². The van der Waals surface area contributed by atoms with Crippen LogP contribution in [0.5, 0.6) is 5.75 Å². The summed E-state index contributed by atoms with van der Waals surface area (Å²) < 4.78 is 29.9. The van der Waals surface area contributed by atoms with Gasteiger partial charge >= 0.3 is 11.9 Å². The Balaban J connectivity index is 1.83. The second kappa shape index (κ2) is 9.32. The summed E-state index contributed by atoms with van der Waals surface area (Å²) in [5, 5.41) is 0. The number of carbonyl (C=O) groups excluding carboxylic acids is 2. The Morgan fingerprint density at radius 1 is 1.24 bits per heavy atom. The first-order valence-electron chi connectivity index (χ1n) is 8.43. The molecule has 0 bridgehead atoms. The minimum Gasteiger partial charge on any atom is -0.480 e. The maximum absolute atomic E-state index is 13.4. The topological polar surface area (TPSA) is 74.2 Å². The molecule has 2 aromatic rings. The van der Waals surface area contributed by atoms with Crippen molar-refractivity contribution in [1.29, 1.82) is 0 Å². The van der Waals surface area contributed by atoms with Crippen molar-refractivity contribution in [3.8, 4) is 5.75 Å². The lowest BCUT2D eigenvalue weighted by molar-refractivity contribution is -0.145. The van der Waals surface area contributed by atoms with Crippen molar-refractivity contribution in [2.24, 2.45) is 4.99 Å². The van der Waals surface area contributed by atoms with Crippen molar-refractivity contribution >= 4 is 55.8 Å². The van der Waals surface area contributed by atoms with Crippen LogP contribution in [-0.2, 0) is 19.1 Å². The molecule has 1 heterocycles. The summed E-state index contributed by atoms with van der Waals surface area (Å²) in [5.41, 5.74) is 1.07. The van der Waals surface area contributed by atoms with E-state index < -0.39 is 17.8 Å². The molecule has 1 aliphatic heterocycles. The minimum atomic E-state index is -0.640. The molecular formula is C20H14Br2FNO5. The van der Waals surface area contributed by atoms with E-state index in [9.17, 15) is 14.0 Å². The van der Waals surface area contributed by atoms with Crippen LogP contribution in [0.25, 0.3) is 6.08 Å². The van der Waals surface area contributed by atoms with E-state index in [4.69, 9.17) is 14.2 Å². The molecule has 3 rings (SSSR count). The van der Waals surface area contributed by atoms with E-state index in [-0.39, 0.29) is 24.8 Å². The molecule has 0 atom stereocenters. The van der Waals surface area contributed by atoms with Crippen LogP contribution >= 0.6 is 31.9 Å². The van der Waals surface area contributed by atoms with Crippen molar-refractivity contribution in [1.82, 2.24) is 0 Å². The molecule has 29 heavy (non-hydrogen) atoms. The van der Waals surface area contributed by atoms with Crippen molar-refractivity contribution in [2.75, 3.05) is 13.2 Å². The molecule has 0 amide bonds. The molecule has 0 spiro atoms. The third-order valence-electron chi connectivity index (χ3n) is 3.66. The van der Waals surface area contributed by atoms with Gasteiger partial charge in [0.05, 0.1) is 15.6 Å². The SMILES string of the molecule is CCOC(=O)COc1c(Br)cc(/C=C2\N=C(c3cccc(F)c3)OC2=O)cc1Br. The fraction of sp³-hybridized carbons (Fsp3) is 0.150. The van der Waals surface area contributed by atoms with E-state index >= 15 is 0 Å². The molecule has 6 nitrogen and oxygen atoms in total. The first-order valence-corrected chi connectivity index (χ1v) is 10.0. The van der Waals surface area contributed by atoms with E-state index in [2.05, 4.69) is 36.9 Å². The first-order chi connectivity index (χ1) is 13.9. The van der Waals surface area contributed by atoms with Gasteiger partial charge in [-0.2, -0.15) is 0 Å². The third kappa shape index (κ3) is 5.30. The number of hydrogen-bond donors (Lipinski definition) is 0. The van der Waals surface area contributed by atoms with E-state index in [1.807, 2.05) is 0 Å². The number of rotatable bonds is 6. The monoisotopic (exact) mass is 525 g/mol. The largest absolute Gasteiger partial charge is 0.480 e. The average molecular weight is 527 g/mol. The van der Waals surface area contributed by atoms with E-state index in [1.165, 1.54) is 24.3 Å². The van der Waals surface area contributed by atoms with Crippen LogP contribution in [0.15, 0.2) is 56.0 Å². The molecule has 0 unspecified atom stereocenters. The number of benzene rings is 2. The quantitative estimate of drug-likeness (QED) is 0.405. The second-order valence-electron chi connectivity index (χ2n) is 5.75. The van der Waals surface area contributed by atoms with Crippen molar-refractivity contribution in [2.45, 2.75) is 6.92 Å². The van der Waals surface area contributed by atoms with Gasteiger partial charge in [-0.3, -0.25) is 0 Å². The zero-order valence-corrected chi connectivity index (χ0v) is 18.3. The summed E-state index contributed by atoms with van der Waals surface area (Å²) in [6.07, 6.45) is 1.53. The van der Waals surface area contributed by atoms with E-state index in [0.29, 0.717) is 25.8 Å². The lowest BCUT2D eigenvalue weighted by atomic mass is 10.2. The van der Waals surface area contributed by atoms with Crippen molar-refractivity contribution in [3.63, 3.8) is 0 Å². The molecule has 0 saturated carbocycles. The van der Waals surface area contributed by atoms with Crippen LogP contribution in [0.4, 0.5) is 4.39 Å². The number of nitrogens with zero attached hydrogens (tertiary/aromatic N) is 1. The smallest absolute Gasteiger partial charge is 0.363 e. The molecule has 150 valence electrons. The molecule has 0 N–H and O–H groups in total. The van der Waals surface area contributed by atoms with Crippen LogP contribution in [0.3, 0.4) is 0 Å². The van der Waals surface area contributed by atoms with E-state index in [0.717, 1.165) is 0 Å². The van der Waals surface area contributed by atoms with Gasteiger partial charge in [0.25, 0.3) is 0 Å². The molecule has 0 saturated heterocycles. The summed E-state index contributed by atoms with van der Waals surface area (Å²) in [4.78, 5) is 27.7. The van der Waals surface area contributed by atoms with Gasteiger partial charge in [0, 0.05) is 5.56 Å². The lowest BCUT2D eigenvalue weighted by Gasteiger charge is -2.10. The predicted molar refractivity (Wildman–Crippen MR) is 111 cm³/mol. The minimum absolute atomic E-state index is 0.0354. The average Bonchev–Trinajstić information content (AvgIpc) is 3.02. The highest BCUT2D eigenvalue weighted by Crippen LogP contribution is 2.35. The summed E-state index contributed by atoms with van der Waals surface area (Å²) >= 11 is 6.76. The molecular weight excluding hydrogens is 513 g/mol. The molecule has 9 heteroatoms. The zero-order valence-electron chi connectivity index (χ0n) is 15.1. The fourth-order valence-electron chi connectivity index (χ4n) is 2.45.